The third-order valence-electron chi connectivity index (χ3n) is 6.74. The highest BCUT2D eigenvalue weighted by atomic mass is 14.9. The minimum atomic E-state index is 0.512. The highest BCUT2D eigenvalue weighted by Crippen LogP contribution is 2.30. The first-order valence-electron chi connectivity index (χ1n) is 12.5. The number of pyridine rings is 1. The number of benzene rings is 3. The zero-order chi connectivity index (χ0) is 24.0. The topological polar surface area (TPSA) is 24.9 Å². The number of nitrogens with zero attached hydrogens (tertiary/aromatic N) is 1. The molecule has 35 heavy (non-hydrogen) atoms. The molecule has 2 nitrogen and oxygen atoms in total. The molecule has 0 saturated carbocycles. The Morgan fingerprint density at radius 2 is 1.49 bits per heavy atom. The van der Waals surface area contributed by atoms with Crippen LogP contribution < -0.4 is 5.32 Å². The fraction of sp³-hybridized carbons (Fsp3) is 0.182. The average Bonchev–Trinajstić information content (AvgIpc) is 2.93. The Bertz CT molecular complexity index is 1350. The molecule has 1 aromatic heterocycles. The van der Waals surface area contributed by atoms with Crippen molar-refractivity contribution in [2.24, 2.45) is 5.92 Å². The summed E-state index contributed by atoms with van der Waals surface area (Å²) in [6, 6.07) is 32.4. The first-order valence-corrected chi connectivity index (χ1v) is 12.5. The van der Waals surface area contributed by atoms with E-state index in [1.165, 1.54) is 44.7 Å². The molecule has 0 aliphatic carbocycles. The number of dihydropyridines is 1. The number of aromatic nitrogens is 1. The number of hydrogen-bond donors (Lipinski definition) is 1. The molecular formula is C33H32N2. The van der Waals surface area contributed by atoms with Gasteiger partial charge in [-0.15, -0.1) is 0 Å². The lowest BCUT2D eigenvalue weighted by Gasteiger charge is -2.22. The Kier molecular flexibility index (Phi) is 6.90. The Hall–Kier alpha value is -3.91. The van der Waals surface area contributed by atoms with E-state index in [9.17, 15) is 0 Å². The Morgan fingerprint density at radius 1 is 0.743 bits per heavy atom. The van der Waals surface area contributed by atoms with Gasteiger partial charge in [-0.3, -0.25) is 4.98 Å². The smallest absolute Gasteiger partial charge is 0.0704 e. The number of nitrogens with one attached hydrogen (secondary N) is 1. The molecule has 4 aromatic rings. The highest BCUT2D eigenvalue weighted by molar-refractivity contribution is 5.76. The van der Waals surface area contributed by atoms with Crippen LogP contribution in [0.2, 0.25) is 0 Å². The number of hydrogen-bond acceptors (Lipinski definition) is 2. The van der Waals surface area contributed by atoms with Crippen molar-refractivity contribution in [2.75, 3.05) is 6.54 Å². The summed E-state index contributed by atoms with van der Waals surface area (Å²) in [4.78, 5) is 4.60. The fourth-order valence-corrected chi connectivity index (χ4v) is 4.77. The molecule has 174 valence electrons. The number of aryl methyl sites for hydroxylation is 2. The summed E-state index contributed by atoms with van der Waals surface area (Å²) in [6.07, 6.45) is 8.44. The first-order chi connectivity index (χ1) is 17.2. The molecule has 5 rings (SSSR count). The lowest BCUT2D eigenvalue weighted by molar-refractivity contribution is 0.774. The summed E-state index contributed by atoms with van der Waals surface area (Å²) in [5.41, 5.74) is 11.4. The first kappa shape index (κ1) is 22.9. The molecule has 2 heterocycles. The van der Waals surface area contributed by atoms with Gasteiger partial charge in [0.1, 0.15) is 0 Å². The predicted molar refractivity (Wildman–Crippen MR) is 148 cm³/mol. The van der Waals surface area contributed by atoms with Crippen molar-refractivity contribution in [3.63, 3.8) is 0 Å². The van der Waals surface area contributed by atoms with Gasteiger partial charge in [0.2, 0.25) is 0 Å². The third-order valence-corrected chi connectivity index (χ3v) is 6.74. The molecule has 0 spiro atoms. The Balaban J connectivity index is 1.51. The fourth-order valence-electron chi connectivity index (χ4n) is 4.77. The predicted octanol–water partition coefficient (Wildman–Crippen LogP) is 7.73. The lowest BCUT2D eigenvalue weighted by atomic mass is 9.90. The molecule has 3 aromatic carbocycles. The van der Waals surface area contributed by atoms with Crippen molar-refractivity contribution in [3.05, 3.63) is 132 Å². The Labute approximate surface area is 209 Å². The van der Waals surface area contributed by atoms with Crippen molar-refractivity contribution in [3.8, 4) is 22.4 Å². The average molecular weight is 457 g/mol. The van der Waals surface area contributed by atoms with E-state index in [0.29, 0.717) is 5.92 Å². The summed E-state index contributed by atoms with van der Waals surface area (Å²) in [5, 5.41) is 3.65. The van der Waals surface area contributed by atoms with Crippen LogP contribution in [0.25, 0.3) is 28.1 Å². The molecule has 0 unspecified atom stereocenters. The van der Waals surface area contributed by atoms with Crippen molar-refractivity contribution >= 4 is 5.70 Å². The molecule has 0 amide bonds. The second kappa shape index (κ2) is 10.6. The van der Waals surface area contributed by atoms with E-state index in [2.05, 4.69) is 121 Å². The molecule has 0 bridgehead atoms. The third kappa shape index (κ3) is 5.27. The van der Waals surface area contributed by atoms with Gasteiger partial charge in [-0.05, 0) is 70.9 Å². The van der Waals surface area contributed by atoms with E-state index in [1.807, 2.05) is 12.3 Å². The van der Waals surface area contributed by atoms with Gasteiger partial charge < -0.3 is 5.32 Å². The van der Waals surface area contributed by atoms with Crippen molar-refractivity contribution in [2.45, 2.75) is 26.7 Å². The van der Waals surface area contributed by atoms with Gasteiger partial charge in [0, 0.05) is 29.6 Å². The summed E-state index contributed by atoms with van der Waals surface area (Å²) < 4.78 is 0. The van der Waals surface area contributed by atoms with Gasteiger partial charge in [0.15, 0.2) is 0 Å². The van der Waals surface area contributed by atoms with E-state index in [-0.39, 0.29) is 0 Å². The maximum Gasteiger partial charge on any atom is 0.0704 e. The monoisotopic (exact) mass is 456 g/mol. The maximum absolute atomic E-state index is 4.60. The molecule has 0 saturated heterocycles. The van der Waals surface area contributed by atoms with E-state index >= 15 is 0 Å². The van der Waals surface area contributed by atoms with Crippen LogP contribution in [0.15, 0.2) is 115 Å². The van der Waals surface area contributed by atoms with Gasteiger partial charge in [-0.2, -0.15) is 0 Å². The van der Waals surface area contributed by atoms with Crippen molar-refractivity contribution < 1.29 is 0 Å². The Morgan fingerprint density at radius 3 is 2.26 bits per heavy atom. The maximum atomic E-state index is 4.60. The zero-order valence-corrected chi connectivity index (χ0v) is 20.5. The van der Waals surface area contributed by atoms with Crippen LogP contribution >= 0.6 is 0 Å². The second-order valence-corrected chi connectivity index (χ2v) is 9.41. The van der Waals surface area contributed by atoms with Gasteiger partial charge in [0.05, 0.1) is 5.69 Å². The van der Waals surface area contributed by atoms with Crippen LogP contribution in [0, 0.1) is 5.92 Å². The molecule has 0 atom stereocenters. The molecule has 0 fully saturated rings. The minimum absolute atomic E-state index is 0.512. The van der Waals surface area contributed by atoms with Crippen LogP contribution in [0.1, 0.15) is 30.5 Å². The molecule has 1 N–H and O–H groups in total. The normalized spacial score (nSPS) is 13.2. The van der Waals surface area contributed by atoms with E-state index in [1.54, 1.807) is 0 Å². The molecule has 1 aliphatic rings. The van der Waals surface area contributed by atoms with Crippen LogP contribution in [0.4, 0.5) is 0 Å². The molecular weight excluding hydrogens is 424 g/mol. The lowest BCUT2D eigenvalue weighted by Crippen LogP contribution is -2.19. The molecule has 1 aliphatic heterocycles. The highest BCUT2D eigenvalue weighted by Gasteiger charge is 2.15. The van der Waals surface area contributed by atoms with Crippen LogP contribution in [-0.2, 0) is 12.8 Å². The van der Waals surface area contributed by atoms with Crippen molar-refractivity contribution in [1.29, 1.82) is 0 Å². The van der Waals surface area contributed by atoms with Gasteiger partial charge >= 0.3 is 0 Å². The molecule has 2 heteroatoms. The van der Waals surface area contributed by atoms with E-state index in [4.69, 9.17) is 0 Å². The van der Waals surface area contributed by atoms with Crippen LogP contribution in [-0.4, -0.2) is 11.5 Å². The largest absolute Gasteiger partial charge is 0.381 e. The van der Waals surface area contributed by atoms with Gasteiger partial charge in [-0.1, -0.05) is 92.7 Å². The number of rotatable bonds is 7. The summed E-state index contributed by atoms with van der Waals surface area (Å²) >= 11 is 0. The van der Waals surface area contributed by atoms with Gasteiger partial charge in [0.25, 0.3) is 0 Å². The van der Waals surface area contributed by atoms with Crippen LogP contribution in [0.5, 0.6) is 0 Å². The molecule has 0 radical (unpaired) electrons. The minimum Gasteiger partial charge on any atom is -0.381 e. The van der Waals surface area contributed by atoms with Crippen LogP contribution in [0.3, 0.4) is 0 Å². The summed E-state index contributed by atoms with van der Waals surface area (Å²) in [6.45, 7) is 5.40. The zero-order valence-electron chi connectivity index (χ0n) is 20.5. The second-order valence-electron chi connectivity index (χ2n) is 9.41. The van der Waals surface area contributed by atoms with E-state index < -0.39 is 0 Å². The summed E-state index contributed by atoms with van der Waals surface area (Å²) in [7, 11) is 0. The van der Waals surface area contributed by atoms with Crippen molar-refractivity contribution in [1.82, 2.24) is 10.3 Å². The number of allylic oxidation sites excluding steroid dienone is 2. The quantitative estimate of drug-likeness (QED) is 0.308. The van der Waals surface area contributed by atoms with Gasteiger partial charge in [-0.25, -0.2) is 0 Å². The SMILES string of the molecule is CC(C)C1=CCNC(c2cc(-c3ccccc3)ccc2CCc2ccccc2-c2ccccn2)=C1. The standard InChI is InChI=1S/C33H32N2/c1-24(2)28-19-21-35-33(23-28)31-22-29(25-10-4-3-5-11-25)18-17-27(31)16-15-26-12-6-7-13-30(26)32-14-8-9-20-34-32/h3-14,17-20,22-24,35H,15-16,21H2,1-2H3. The van der Waals surface area contributed by atoms with E-state index in [0.717, 1.165) is 25.1 Å². The summed E-state index contributed by atoms with van der Waals surface area (Å²) in [5.74, 6) is 0.512.